The van der Waals surface area contributed by atoms with Crippen LogP contribution in [-0.4, -0.2) is 27.7 Å². The van der Waals surface area contributed by atoms with E-state index in [0.717, 1.165) is 11.3 Å². The normalized spacial score (nSPS) is 10.8. The van der Waals surface area contributed by atoms with Crippen LogP contribution in [0.3, 0.4) is 0 Å². The van der Waals surface area contributed by atoms with Crippen LogP contribution in [0.5, 0.6) is 11.5 Å². The molecule has 30 heavy (non-hydrogen) atoms. The van der Waals surface area contributed by atoms with Crippen LogP contribution >= 0.6 is 23.2 Å². The van der Waals surface area contributed by atoms with Gasteiger partial charge in [0.15, 0.2) is 5.75 Å². The van der Waals surface area contributed by atoms with Crippen molar-refractivity contribution in [3.8, 4) is 11.5 Å². The Morgan fingerprint density at radius 3 is 2.57 bits per heavy atom. The molecule has 0 aliphatic rings. The maximum Gasteiger partial charge on any atom is 0.417 e. The van der Waals surface area contributed by atoms with Crippen molar-refractivity contribution in [3.63, 3.8) is 0 Å². The summed E-state index contributed by atoms with van der Waals surface area (Å²) in [4.78, 5) is 20.7. The first-order valence-electron chi connectivity index (χ1n) is 8.90. The number of rotatable bonds is 5. The lowest BCUT2D eigenvalue weighted by Crippen LogP contribution is -2.17. The summed E-state index contributed by atoms with van der Waals surface area (Å²) >= 11 is 12.1. The summed E-state index contributed by atoms with van der Waals surface area (Å²) in [6.07, 6.45) is 5.46. The second-order valence-electron chi connectivity index (χ2n) is 6.34. The first-order chi connectivity index (χ1) is 14.5. The van der Waals surface area contributed by atoms with Crippen molar-refractivity contribution < 1.29 is 14.3 Å². The molecule has 0 saturated heterocycles. The van der Waals surface area contributed by atoms with E-state index in [1.54, 1.807) is 25.6 Å². The van der Waals surface area contributed by atoms with Gasteiger partial charge in [0.25, 0.3) is 0 Å². The van der Waals surface area contributed by atoms with Gasteiger partial charge in [-0.15, -0.1) is 0 Å². The lowest BCUT2D eigenvalue weighted by molar-refractivity contribution is 0.215. The molecule has 0 spiro atoms. The topological polar surface area (TPSA) is 78.3 Å². The Hall–Kier alpha value is -3.29. The number of hydrogen-bond acceptors (Lipinski definition) is 5. The molecule has 3 aromatic heterocycles. The Morgan fingerprint density at radius 1 is 1.13 bits per heavy atom. The van der Waals surface area contributed by atoms with E-state index in [2.05, 4.69) is 15.3 Å². The molecule has 1 amide bonds. The van der Waals surface area contributed by atoms with Gasteiger partial charge in [0.1, 0.15) is 11.4 Å². The zero-order valence-electron chi connectivity index (χ0n) is 15.8. The second kappa shape index (κ2) is 8.61. The molecule has 1 N–H and O–H groups in total. The summed E-state index contributed by atoms with van der Waals surface area (Å²) in [6.45, 7) is 0.546. The lowest BCUT2D eigenvalue weighted by Gasteiger charge is -2.08. The van der Waals surface area contributed by atoms with E-state index < -0.39 is 6.09 Å². The van der Waals surface area contributed by atoms with Gasteiger partial charge in [0, 0.05) is 31.3 Å². The van der Waals surface area contributed by atoms with Gasteiger partial charge in [-0.25, -0.2) is 9.78 Å². The number of carbonyl (C=O) groups is 1. The molecule has 0 unspecified atom stereocenters. The fourth-order valence-electron chi connectivity index (χ4n) is 2.98. The molecule has 4 aromatic rings. The molecule has 9 heteroatoms. The summed E-state index contributed by atoms with van der Waals surface area (Å²) in [7, 11) is 1.62. The van der Waals surface area contributed by atoms with Crippen molar-refractivity contribution >= 4 is 46.0 Å². The number of anilines is 1. The number of pyridine rings is 2. The number of amides is 1. The van der Waals surface area contributed by atoms with Crippen molar-refractivity contribution in [1.29, 1.82) is 0 Å². The fraction of sp³-hybridized carbons (Fsp3) is 0.0952. The van der Waals surface area contributed by atoms with Gasteiger partial charge in [0.05, 0.1) is 28.2 Å². The third-order valence-electron chi connectivity index (χ3n) is 4.39. The Morgan fingerprint density at radius 2 is 1.87 bits per heavy atom. The molecule has 0 bridgehead atoms. The molecule has 152 valence electrons. The fourth-order valence-corrected chi connectivity index (χ4v) is 3.44. The highest BCUT2D eigenvalue weighted by molar-refractivity contribution is 6.39. The zero-order chi connectivity index (χ0) is 21.1. The van der Waals surface area contributed by atoms with Crippen LogP contribution in [-0.2, 0) is 6.54 Å². The van der Waals surface area contributed by atoms with E-state index in [9.17, 15) is 4.79 Å². The quantitative estimate of drug-likeness (QED) is 0.447. The SMILES string of the molecule is COc1ccc(Cn2cc(OC(=O)Nc3c(Cl)cncc3Cl)c3cccnc32)cc1. The van der Waals surface area contributed by atoms with Gasteiger partial charge in [-0.05, 0) is 29.8 Å². The predicted molar refractivity (Wildman–Crippen MR) is 116 cm³/mol. The Labute approximate surface area is 182 Å². The number of halogens is 2. The molecular weight excluding hydrogens is 427 g/mol. The number of benzene rings is 1. The number of hydrogen-bond donors (Lipinski definition) is 1. The Balaban J connectivity index is 1.59. The third kappa shape index (κ3) is 4.17. The number of carbonyl (C=O) groups excluding carboxylic acids is 1. The van der Waals surface area contributed by atoms with Gasteiger partial charge in [-0.1, -0.05) is 35.3 Å². The van der Waals surface area contributed by atoms with Crippen molar-refractivity contribution in [2.24, 2.45) is 0 Å². The number of fused-ring (bicyclic) bond motifs is 1. The molecular formula is C21H16Cl2N4O3. The molecule has 0 aliphatic carbocycles. The Bertz CT molecular complexity index is 1190. The zero-order valence-corrected chi connectivity index (χ0v) is 17.3. The van der Waals surface area contributed by atoms with Gasteiger partial charge >= 0.3 is 6.09 Å². The largest absolute Gasteiger partial charge is 0.497 e. The van der Waals surface area contributed by atoms with E-state index >= 15 is 0 Å². The van der Waals surface area contributed by atoms with E-state index in [4.69, 9.17) is 32.7 Å². The number of aromatic nitrogens is 3. The van der Waals surface area contributed by atoms with Gasteiger partial charge in [0.2, 0.25) is 0 Å². The van der Waals surface area contributed by atoms with Crippen LogP contribution in [0.4, 0.5) is 10.5 Å². The summed E-state index contributed by atoms with van der Waals surface area (Å²) in [5.74, 6) is 1.15. The van der Waals surface area contributed by atoms with Crippen molar-refractivity contribution in [3.05, 3.63) is 76.8 Å². The highest BCUT2D eigenvalue weighted by atomic mass is 35.5. The smallest absolute Gasteiger partial charge is 0.417 e. The number of nitrogens with one attached hydrogen (secondary N) is 1. The lowest BCUT2D eigenvalue weighted by atomic mass is 10.2. The molecule has 4 rings (SSSR count). The van der Waals surface area contributed by atoms with Crippen LogP contribution in [0.15, 0.2) is 61.2 Å². The van der Waals surface area contributed by atoms with Crippen LogP contribution < -0.4 is 14.8 Å². The predicted octanol–water partition coefficient (Wildman–Crippen LogP) is 5.41. The molecule has 0 radical (unpaired) electrons. The standard InChI is InChI=1S/C21H16Cl2N4O3/c1-29-14-6-4-13(5-7-14)11-27-12-18(15-3-2-8-25-20(15)27)30-21(28)26-19-16(22)9-24-10-17(19)23/h2-10,12H,11H2,1H3,(H,24,26,28). The second-order valence-corrected chi connectivity index (χ2v) is 7.15. The number of ether oxygens (including phenoxy) is 2. The molecule has 0 atom stereocenters. The maximum atomic E-state index is 12.5. The van der Waals surface area contributed by atoms with Crippen molar-refractivity contribution in [2.45, 2.75) is 6.54 Å². The number of methoxy groups -OCH3 is 1. The minimum Gasteiger partial charge on any atom is -0.497 e. The highest BCUT2D eigenvalue weighted by Gasteiger charge is 2.16. The van der Waals surface area contributed by atoms with Gasteiger partial charge in [-0.3, -0.25) is 10.3 Å². The van der Waals surface area contributed by atoms with Gasteiger partial charge in [-0.2, -0.15) is 0 Å². The van der Waals surface area contributed by atoms with Crippen LogP contribution in [0.25, 0.3) is 11.0 Å². The molecule has 0 fully saturated rings. The first-order valence-corrected chi connectivity index (χ1v) is 9.65. The van der Waals surface area contributed by atoms with E-state index in [1.807, 2.05) is 34.9 Å². The highest BCUT2D eigenvalue weighted by Crippen LogP contribution is 2.31. The Kier molecular flexibility index (Phi) is 5.74. The minimum atomic E-state index is -0.725. The van der Waals surface area contributed by atoms with Crippen LogP contribution in [0.1, 0.15) is 5.56 Å². The summed E-state index contributed by atoms with van der Waals surface area (Å²) in [5.41, 5.74) is 1.97. The van der Waals surface area contributed by atoms with Gasteiger partial charge < -0.3 is 14.0 Å². The van der Waals surface area contributed by atoms with Crippen LogP contribution in [0.2, 0.25) is 10.0 Å². The van der Waals surface area contributed by atoms with Crippen molar-refractivity contribution in [2.75, 3.05) is 12.4 Å². The summed E-state index contributed by atoms with van der Waals surface area (Å²) < 4.78 is 12.6. The average molecular weight is 443 g/mol. The monoisotopic (exact) mass is 442 g/mol. The van der Waals surface area contributed by atoms with E-state index in [0.29, 0.717) is 23.3 Å². The number of nitrogens with zero attached hydrogens (tertiary/aromatic N) is 3. The molecule has 3 heterocycles. The first kappa shape index (κ1) is 20.0. The summed E-state index contributed by atoms with van der Waals surface area (Å²) in [5, 5.41) is 3.68. The molecule has 0 saturated carbocycles. The average Bonchev–Trinajstić information content (AvgIpc) is 3.09. The molecule has 7 nitrogen and oxygen atoms in total. The molecule has 0 aliphatic heterocycles. The molecule has 1 aromatic carbocycles. The van der Waals surface area contributed by atoms with Crippen molar-refractivity contribution in [1.82, 2.24) is 14.5 Å². The maximum absolute atomic E-state index is 12.5. The summed E-state index contributed by atoms with van der Waals surface area (Å²) in [6, 6.07) is 11.3. The van der Waals surface area contributed by atoms with E-state index in [-0.39, 0.29) is 15.7 Å². The van der Waals surface area contributed by atoms with Crippen LogP contribution in [0, 0.1) is 0 Å². The third-order valence-corrected chi connectivity index (χ3v) is 4.97. The van der Waals surface area contributed by atoms with E-state index in [1.165, 1.54) is 12.4 Å². The minimum absolute atomic E-state index is 0.211.